The molecule has 2 nitrogen and oxygen atoms in total. The summed E-state index contributed by atoms with van der Waals surface area (Å²) in [5.41, 5.74) is 1.19. The van der Waals surface area contributed by atoms with Crippen LogP contribution in [0.2, 0.25) is 0 Å². The average molecular weight is 238 g/mol. The molecular weight excluding hydrogens is 216 g/mol. The fraction of sp³-hybridized carbons (Fsp3) is 0.769. The van der Waals surface area contributed by atoms with Crippen LogP contribution in [0.1, 0.15) is 47.7 Å². The minimum absolute atomic E-state index is 0.913. The Morgan fingerprint density at radius 1 is 1.25 bits per heavy atom. The Balaban J connectivity index is 1.71. The molecule has 1 aliphatic rings. The van der Waals surface area contributed by atoms with Crippen LogP contribution < -0.4 is 5.32 Å². The molecule has 1 fully saturated rings. The molecule has 1 aliphatic carbocycles. The van der Waals surface area contributed by atoms with E-state index in [4.69, 9.17) is 0 Å². The summed E-state index contributed by atoms with van der Waals surface area (Å²) in [5, 5.41) is 4.80. The average Bonchev–Trinajstić information content (AvgIpc) is 2.60. The van der Waals surface area contributed by atoms with Crippen molar-refractivity contribution < 1.29 is 0 Å². The molecule has 1 heterocycles. The van der Waals surface area contributed by atoms with Crippen LogP contribution in [0.3, 0.4) is 0 Å². The van der Waals surface area contributed by atoms with Gasteiger partial charge in [-0.05, 0) is 39.2 Å². The summed E-state index contributed by atoms with van der Waals surface area (Å²) in [6.45, 7) is 6.38. The zero-order valence-corrected chi connectivity index (χ0v) is 11.2. The van der Waals surface area contributed by atoms with E-state index in [0.717, 1.165) is 12.5 Å². The Kier molecular flexibility index (Phi) is 4.36. The van der Waals surface area contributed by atoms with E-state index >= 15 is 0 Å². The smallest absolute Gasteiger partial charge is 0.107 e. The van der Waals surface area contributed by atoms with Gasteiger partial charge in [0, 0.05) is 11.4 Å². The molecule has 0 aliphatic heterocycles. The number of thiazole rings is 1. The van der Waals surface area contributed by atoms with Gasteiger partial charge in [-0.1, -0.05) is 19.3 Å². The summed E-state index contributed by atoms with van der Waals surface area (Å²) < 4.78 is 0. The predicted molar refractivity (Wildman–Crippen MR) is 69.9 cm³/mol. The molecule has 1 saturated carbocycles. The summed E-state index contributed by atoms with van der Waals surface area (Å²) in [5.74, 6) is 0.913. The Morgan fingerprint density at radius 2 is 2.00 bits per heavy atom. The van der Waals surface area contributed by atoms with Crippen LogP contribution in [0.4, 0.5) is 0 Å². The van der Waals surface area contributed by atoms with Gasteiger partial charge in [0.25, 0.3) is 0 Å². The van der Waals surface area contributed by atoms with Crippen molar-refractivity contribution in [2.75, 3.05) is 6.54 Å². The Bertz CT molecular complexity index is 307. The van der Waals surface area contributed by atoms with E-state index in [1.54, 1.807) is 0 Å². The molecule has 0 unspecified atom stereocenters. The highest BCUT2D eigenvalue weighted by atomic mass is 32.1. The van der Waals surface area contributed by atoms with Crippen LogP contribution in [-0.4, -0.2) is 11.5 Å². The molecule has 0 spiro atoms. The van der Waals surface area contributed by atoms with Gasteiger partial charge < -0.3 is 5.32 Å². The van der Waals surface area contributed by atoms with Crippen molar-refractivity contribution in [2.24, 2.45) is 5.92 Å². The van der Waals surface area contributed by atoms with Crippen molar-refractivity contribution in [1.29, 1.82) is 0 Å². The number of nitrogens with zero attached hydrogens (tertiary/aromatic N) is 1. The first-order chi connectivity index (χ1) is 7.75. The maximum Gasteiger partial charge on any atom is 0.107 e. The maximum atomic E-state index is 4.55. The second kappa shape index (κ2) is 5.78. The lowest BCUT2D eigenvalue weighted by Gasteiger charge is -2.21. The van der Waals surface area contributed by atoms with E-state index in [-0.39, 0.29) is 0 Å². The minimum Gasteiger partial charge on any atom is -0.310 e. The summed E-state index contributed by atoms with van der Waals surface area (Å²) in [4.78, 5) is 5.90. The zero-order valence-electron chi connectivity index (χ0n) is 10.4. The van der Waals surface area contributed by atoms with Crippen LogP contribution in [0.25, 0.3) is 0 Å². The highest BCUT2D eigenvalue weighted by Crippen LogP contribution is 2.23. The van der Waals surface area contributed by atoms with E-state index < -0.39 is 0 Å². The van der Waals surface area contributed by atoms with E-state index in [9.17, 15) is 0 Å². The van der Waals surface area contributed by atoms with Crippen molar-refractivity contribution in [1.82, 2.24) is 10.3 Å². The second-order valence-corrected chi connectivity index (χ2v) is 6.17. The summed E-state index contributed by atoms with van der Waals surface area (Å²) in [6, 6.07) is 0. The summed E-state index contributed by atoms with van der Waals surface area (Å²) in [6.07, 6.45) is 7.15. The topological polar surface area (TPSA) is 24.9 Å². The Hall–Kier alpha value is -0.410. The lowest BCUT2D eigenvalue weighted by molar-refractivity contribution is 0.342. The van der Waals surface area contributed by atoms with Gasteiger partial charge in [-0.3, -0.25) is 0 Å². The first kappa shape index (κ1) is 12.1. The molecule has 2 rings (SSSR count). The van der Waals surface area contributed by atoms with Crippen LogP contribution in [0, 0.1) is 19.8 Å². The van der Waals surface area contributed by atoms with Gasteiger partial charge in [0.1, 0.15) is 5.01 Å². The van der Waals surface area contributed by atoms with Gasteiger partial charge in [-0.15, -0.1) is 11.3 Å². The van der Waals surface area contributed by atoms with E-state index in [0.29, 0.717) is 0 Å². The third kappa shape index (κ3) is 3.29. The summed E-state index contributed by atoms with van der Waals surface area (Å²) >= 11 is 1.83. The fourth-order valence-electron chi connectivity index (χ4n) is 2.39. The van der Waals surface area contributed by atoms with E-state index in [1.807, 2.05) is 11.3 Å². The van der Waals surface area contributed by atoms with Gasteiger partial charge in [0.2, 0.25) is 0 Å². The second-order valence-electron chi connectivity index (χ2n) is 4.88. The normalized spacial score (nSPS) is 17.9. The number of hydrogen-bond donors (Lipinski definition) is 1. The van der Waals surface area contributed by atoms with E-state index in [2.05, 4.69) is 24.1 Å². The van der Waals surface area contributed by atoms with Crippen molar-refractivity contribution in [2.45, 2.75) is 52.5 Å². The Labute approximate surface area is 102 Å². The molecule has 90 valence electrons. The molecule has 1 N–H and O–H groups in total. The van der Waals surface area contributed by atoms with Crippen molar-refractivity contribution in [3.63, 3.8) is 0 Å². The highest BCUT2D eigenvalue weighted by Gasteiger charge is 2.12. The largest absolute Gasteiger partial charge is 0.310 e. The SMILES string of the molecule is Cc1nc(CNCC2CCCCC2)sc1C. The first-order valence-electron chi connectivity index (χ1n) is 6.39. The number of nitrogens with one attached hydrogen (secondary N) is 1. The molecule has 1 aromatic rings. The van der Waals surface area contributed by atoms with E-state index in [1.165, 1.54) is 54.2 Å². The monoisotopic (exact) mass is 238 g/mol. The first-order valence-corrected chi connectivity index (χ1v) is 7.21. The molecule has 16 heavy (non-hydrogen) atoms. The maximum absolute atomic E-state index is 4.55. The van der Waals surface area contributed by atoms with Gasteiger partial charge in [-0.25, -0.2) is 4.98 Å². The quantitative estimate of drug-likeness (QED) is 0.869. The molecule has 0 aromatic carbocycles. The lowest BCUT2D eigenvalue weighted by atomic mass is 9.89. The zero-order chi connectivity index (χ0) is 11.4. The number of aryl methyl sites for hydroxylation is 2. The molecule has 0 radical (unpaired) electrons. The number of aromatic nitrogens is 1. The van der Waals surface area contributed by atoms with Gasteiger partial charge in [0.15, 0.2) is 0 Å². The lowest BCUT2D eigenvalue weighted by Crippen LogP contribution is -2.24. The molecule has 0 saturated heterocycles. The predicted octanol–water partition coefficient (Wildman–Crippen LogP) is 3.43. The van der Waals surface area contributed by atoms with Crippen LogP contribution in [0.5, 0.6) is 0 Å². The molecular formula is C13H22N2S. The third-order valence-electron chi connectivity index (χ3n) is 3.51. The van der Waals surface area contributed by atoms with Crippen LogP contribution in [-0.2, 0) is 6.54 Å². The summed E-state index contributed by atoms with van der Waals surface area (Å²) in [7, 11) is 0. The molecule has 1 aromatic heterocycles. The number of hydrogen-bond acceptors (Lipinski definition) is 3. The fourth-order valence-corrected chi connectivity index (χ4v) is 3.29. The van der Waals surface area contributed by atoms with Crippen LogP contribution in [0.15, 0.2) is 0 Å². The molecule has 0 atom stereocenters. The molecule has 3 heteroatoms. The van der Waals surface area contributed by atoms with Crippen molar-refractivity contribution >= 4 is 11.3 Å². The van der Waals surface area contributed by atoms with Crippen molar-refractivity contribution in [3.05, 3.63) is 15.6 Å². The Morgan fingerprint density at radius 3 is 2.62 bits per heavy atom. The molecule has 0 amide bonds. The van der Waals surface area contributed by atoms with Crippen molar-refractivity contribution in [3.8, 4) is 0 Å². The third-order valence-corrected chi connectivity index (χ3v) is 4.58. The van der Waals surface area contributed by atoms with Crippen LogP contribution >= 0.6 is 11.3 Å². The highest BCUT2D eigenvalue weighted by molar-refractivity contribution is 7.11. The minimum atomic E-state index is 0.913. The van der Waals surface area contributed by atoms with Gasteiger partial charge in [-0.2, -0.15) is 0 Å². The molecule has 0 bridgehead atoms. The standard InChI is InChI=1S/C13H22N2S/c1-10-11(2)16-13(15-10)9-14-8-12-6-4-3-5-7-12/h12,14H,3-9H2,1-2H3. The van der Waals surface area contributed by atoms with Gasteiger partial charge in [0.05, 0.1) is 5.69 Å². The number of rotatable bonds is 4. The van der Waals surface area contributed by atoms with Gasteiger partial charge >= 0.3 is 0 Å².